The van der Waals surface area contributed by atoms with Gasteiger partial charge in [-0.05, 0) is 18.6 Å². The summed E-state index contributed by atoms with van der Waals surface area (Å²) in [7, 11) is 0. The summed E-state index contributed by atoms with van der Waals surface area (Å²) in [5.41, 5.74) is 6.18. The Balaban J connectivity index is 2.34. The highest BCUT2D eigenvalue weighted by molar-refractivity contribution is 5.93. The zero-order chi connectivity index (χ0) is 13.1. The third kappa shape index (κ3) is 2.38. The first-order chi connectivity index (χ1) is 8.61. The fourth-order valence-corrected chi connectivity index (χ4v) is 1.47. The van der Waals surface area contributed by atoms with Gasteiger partial charge >= 0.3 is 0 Å². The lowest BCUT2D eigenvalue weighted by molar-refractivity contribution is 0.100. The Kier molecular flexibility index (Phi) is 3.38. The van der Waals surface area contributed by atoms with Gasteiger partial charge in [-0.25, -0.2) is 0 Å². The number of hydrogen-bond acceptors (Lipinski definition) is 5. The molecule has 1 aromatic heterocycles. The van der Waals surface area contributed by atoms with Gasteiger partial charge in [-0.2, -0.15) is 4.98 Å². The molecule has 0 aliphatic rings. The summed E-state index contributed by atoms with van der Waals surface area (Å²) in [4.78, 5) is 15.1. The number of rotatable bonds is 4. The average Bonchev–Trinajstić information content (AvgIpc) is 2.87. The third-order valence-electron chi connectivity index (χ3n) is 2.52. The molecule has 1 atom stereocenters. The molecule has 3 N–H and O–H groups in total. The van der Waals surface area contributed by atoms with Crippen LogP contribution in [0.2, 0.25) is 0 Å². The second-order valence-electron chi connectivity index (χ2n) is 3.83. The van der Waals surface area contributed by atoms with Crippen LogP contribution in [-0.2, 0) is 0 Å². The van der Waals surface area contributed by atoms with Crippen molar-refractivity contribution in [2.75, 3.05) is 0 Å². The first-order valence-electron chi connectivity index (χ1n) is 5.53. The number of nitrogens with two attached hydrogens (primary N) is 1. The molecule has 0 spiro atoms. The number of aliphatic hydroxyl groups is 1. The summed E-state index contributed by atoms with van der Waals surface area (Å²) in [6.07, 6.45) is -0.284. The van der Waals surface area contributed by atoms with Crippen LogP contribution < -0.4 is 5.73 Å². The minimum atomic E-state index is -0.773. The molecular weight excluding hydrogens is 234 g/mol. The summed E-state index contributed by atoms with van der Waals surface area (Å²) >= 11 is 0. The lowest BCUT2D eigenvalue weighted by atomic mass is 10.1. The molecule has 0 aliphatic heterocycles. The normalized spacial score (nSPS) is 12.3. The molecule has 0 aliphatic carbocycles. The van der Waals surface area contributed by atoms with Gasteiger partial charge in [0.15, 0.2) is 0 Å². The summed E-state index contributed by atoms with van der Waals surface area (Å²) in [5.74, 6) is -0.0354. The largest absolute Gasteiger partial charge is 0.383 e. The zero-order valence-electron chi connectivity index (χ0n) is 9.83. The molecule has 0 saturated heterocycles. The van der Waals surface area contributed by atoms with Crippen molar-refractivity contribution in [1.82, 2.24) is 10.1 Å². The van der Waals surface area contributed by atoms with E-state index in [2.05, 4.69) is 10.1 Å². The van der Waals surface area contributed by atoms with Gasteiger partial charge in [-0.15, -0.1) is 0 Å². The second-order valence-corrected chi connectivity index (χ2v) is 3.83. The van der Waals surface area contributed by atoms with Crippen molar-refractivity contribution in [2.45, 2.75) is 19.4 Å². The maximum absolute atomic E-state index is 11.1. The average molecular weight is 247 g/mol. The highest BCUT2D eigenvalue weighted by Gasteiger charge is 2.15. The Morgan fingerprint density at radius 3 is 3.00 bits per heavy atom. The van der Waals surface area contributed by atoms with E-state index in [-0.39, 0.29) is 5.89 Å². The van der Waals surface area contributed by atoms with E-state index in [9.17, 15) is 9.90 Å². The lowest BCUT2D eigenvalue weighted by Gasteiger charge is -1.99. The molecule has 94 valence electrons. The Morgan fingerprint density at radius 2 is 2.33 bits per heavy atom. The van der Waals surface area contributed by atoms with Crippen LogP contribution in [0.4, 0.5) is 0 Å². The fraction of sp³-hybridized carbons (Fsp3) is 0.250. The number of aliphatic hydroxyl groups excluding tert-OH is 1. The van der Waals surface area contributed by atoms with E-state index in [0.717, 1.165) is 0 Å². The Morgan fingerprint density at radius 1 is 1.56 bits per heavy atom. The molecule has 0 fully saturated rings. The Hall–Kier alpha value is -2.21. The lowest BCUT2D eigenvalue weighted by Crippen LogP contribution is -2.10. The van der Waals surface area contributed by atoms with Crippen LogP contribution in [0.25, 0.3) is 11.4 Å². The molecule has 6 nitrogen and oxygen atoms in total. The summed E-state index contributed by atoms with van der Waals surface area (Å²) in [6, 6.07) is 6.60. The SMILES string of the molecule is CCC(O)c1nc(-c2cccc(C(N)=O)c2)no1. The predicted molar refractivity (Wildman–Crippen MR) is 63.5 cm³/mol. The number of nitrogens with zero attached hydrogens (tertiary/aromatic N) is 2. The highest BCUT2D eigenvalue weighted by atomic mass is 16.5. The molecule has 0 bridgehead atoms. The van der Waals surface area contributed by atoms with E-state index >= 15 is 0 Å². The summed E-state index contributed by atoms with van der Waals surface area (Å²) in [6.45, 7) is 1.81. The van der Waals surface area contributed by atoms with Gasteiger partial charge in [0.25, 0.3) is 5.89 Å². The fourth-order valence-electron chi connectivity index (χ4n) is 1.47. The van der Waals surface area contributed by atoms with Crippen molar-refractivity contribution < 1.29 is 14.4 Å². The minimum absolute atomic E-state index is 0.164. The number of benzene rings is 1. The van der Waals surface area contributed by atoms with Gasteiger partial charge in [-0.3, -0.25) is 4.79 Å². The molecule has 6 heteroatoms. The van der Waals surface area contributed by atoms with Crippen LogP contribution in [0.5, 0.6) is 0 Å². The Bertz CT molecular complexity index is 565. The van der Waals surface area contributed by atoms with Crippen LogP contribution >= 0.6 is 0 Å². The van der Waals surface area contributed by atoms with Crippen LogP contribution in [0.15, 0.2) is 28.8 Å². The Labute approximate surface area is 103 Å². The molecule has 2 aromatic rings. The summed E-state index contributed by atoms with van der Waals surface area (Å²) in [5, 5.41) is 13.3. The van der Waals surface area contributed by atoms with Crippen molar-refractivity contribution in [3.05, 3.63) is 35.7 Å². The second kappa shape index (κ2) is 4.97. The molecule has 1 amide bonds. The predicted octanol–water partition coefficient (Wildman–Crippen LogP) is 1.28. The minimum Gasteiger partial charge on any atom is -0.383 e. The number of hydrogen-bond donors (Lipinski definition) is 2. The van der Waals surface area contributed by atoms with Crippen molar-refractivity contribution in [2.24, 2.45) is 5.73 Å². The van der Waals surface area contributed by atoms with Crippen LogP contribution in [0.3, 0.4) is 0 Å². The summed E-state index contributed by atoms with van der Waals surface area (Å²) < 4.78 is 4.94. The maximum Gasteiger partial charge on any atom is 0.255 e. The van der Waals surface area contributed by atoms with E-state index in [0.29, 0.717) is 23.4 Å². The zero-order valence-corrected chi connectivity index (χ0v) is 9.83. The van der Waals surface area contributed by atoms with Crippen LogP contribution in [0, 0.1) is 0 Å². The number of primary amides is 1. The van der Waals surface area contributed by atoms with Gasteiger partial charge in [-0.1, -0.05) is 24.2 Å². The number of carbonyl (C=O) groups is 1. The van der Waals surface area contributed by atoms with Crippen molar-refractivity contribution in [3.8, 4) is 11.4 Å². The highest BCUT2D eigenvalue weighted by Crippen LogP contribution is 2.20. The molecule has 0 saturated carbocycles. The standard InChI is InChI=1S/C12H13N3O3/c1-2-9(16)12-14-11(15-18-12)8-5-3-4-7(6-8)10(13)17/h3-6,9,16H,2H2,1H3,(H2,13,17). The number of amides is 1. The smallest absolute Gasteiger partial charge is 0.255 e. The molecule has 1 heterocycles. The first kappa shape index (κ1) is 12.3. The van der Waals surface area contributed by atoms with Gasteiger partial charge in [0, 0.05) is 11.1 Å². The molecule has 18 heavy (non-hydrogen) atoms. The van der Waals surface area contributed by atoms with E-state index in [1.165, 1.54) is 0 Å². The van der Waals surface area contributed by atoms with Gasteiger partial charge < -0.3 is 15.4 Å². The van der Waals surface area contributed by atoms with Gasteiger partial charge in [0.1, 0.15) is 6.10 Å². The molecule has 1 aromatic carbocycles. The third-order valence-corrected chi connectivity index (χ3v) is 2.52. The topological polar surface area (TPSA) is 102 Å². The maximum atomic E-state index is 11.1. The quantitative estimate of drug-likeness (QED) is 0.847. The van der Waals surface area contributed by atoms with Crippen LogP contribution in [0.1, 0.15) is 35.7 Å². The van der Waals surface area contributed by atoms with Crippen molar-refractivity contribution >= 4 is 5.91 Å². The molecule has 0 radical (unpaired) electrons. The van der Waals surface area contributed by atoms with Gasteiger partial charge in [0.05, 0.1) is 0 Å². The van der Waals surface area contributed by atoms with Crippen molar-refractivity contribution in [1.29, 1.82) is 0 Å². The van der Waals surface area contributed by atoms with E-state index < -0.39 is 12.0 Å². The number of carbonyl (C=O) groups excluding carboxylic acids is 1. The van der Waals surface area contributed by atoms with E-state index in [1.54, 1.807) is 24.3 Å². The molecule has 2 rings (SSSR count). The van der Waals surface area contributed by atoms with Gasteiger partial charge in [0.2, 0.25) is 11.7 Å². The van der Waals surface area contributed by atoms with Crippen molar-refractivity contribution in [3.63, 3.8) is 0 Å². The molecule has 1 unspecified atom stereocenters. The number of aromatic nitrogens is 2. The van der Waals surface area contributed by atoms with E-state index in [1.807, 2.05) is 6.92 Å². The molecular formula is C12H13N3O3. The monoisotopic (exact) mass is 247 g/mol. The first-order valence-corrected chi connectivity index (χ1v) is 5.53. The van der Waals surface area contributed by atoms with Crippen LogP contribution in [-0.4, -0.2) is 21.2 Å². The van der Waals surface area contributed by atoms with E-state index in [4.69, 9.17) is 10.3 Å².